The van der Waals surface area contributed by atoms with Gasteiger partial charge in [-0.1, -0.05) is 5.16 Å². The van der Waals surface area contributed by atoms with Gasteiger partial charge in [0.1, 0.15) is 12.1 Å². The molecule has 2 aliphatic heterocycles. The van der Waals surface area contributed by atoms with E-state index in [-0.39, 0.29) is 0 Å². The molecule has 5 rings (SSSR count). The summed E-state index contributed by atoms with van der Waals surface area (Å²) >= 11 is 0. The van der Waals surface area contributed by atoms with Crippen molar-refractivity contribution in [3.05, 3.63) is 30.3 Å². The largest absolute Gasteiger partial charge is 0.356 e. The molecular weight excluding hydrogens is 292 g/mol. The third-order valence-electron chi connectivity index (χ3n) is 5.33. The average Bonchev–Trinajstić information content (AvgIpc) is 2.96. The molecule has 7 nitrogen and oxygen atoms in total. The Morgan fingerprint density at radius 3 is 2.57 bits per heavy atom. The molecular formula is C16H20N6O. The lowest BCUT2D eigenvalue weighted by Crippen LogP contribution is -2.29. The summed E-state index contributed by atoms with van der Waals surface area (Å²) in [5.74, 6) is 4.00. The monoisotopic (exact) mass is 312 g/mol. The van der Waals surface area contributed by atoms with Gasteiger partial charge in [0.25, 0.3) is 0 Å². The molecule has 0 aromatic carbocycles. The van der Waals surface area contributed by atoms with Crippen LogP contribution in [0.1, 0.15) is 30.3 Å². The highest BCUT2D eigenvalue weighted by Gasteiger charge is 2.40. The van der Waals surface area contributed by atoms with Crippen LogP contribution in [0.15, 0.2) is 23.3 Å². The molecule has 2 atom stereocenters. The highest BCUT2D eigenvalue weighted by molar-refractivity contribution is 5.42. The van der Waals surface area contributed by atoms with Crippen molar-refractivity contribution in [2.45, 2.75) is 25.3 Å². The summed E-state index contributed by atoms with van der Waals surface area (Å²) in [7, 11) is 0. The number of rotatable bonds is 4. The Morgan fingerprint density at radius 1 is 1.04 bits per heavy atom. The van der Waals surface area contributed by atoms with Gasteiger partial charge in [0.15, 0.2) is 5.82 Å². The van der Waals surface area contributed by atoms with Gasteiger partial charge in [-0.25, -0.2) is 9.97 Å². The maximum Gasteiger partial charge on any atom is 0.213 e. The Kier molecular flexibility index (Phi) is 3.07. The van der Waals surface area contributed by atoms with E-state index in [2.05, 4.69) is 36.0 Å². The fraction of sp³-hybridized carbons (Fsp3) is 0.625. The summed E-state index contributed by atoms with van der Waals surface area (Å²) in [5, 5.41) is 3.91. The van der Waals surface area contributed by atoms with Crippen LogP contribution in [0, 0.1) is 11.8 Å². The molecule has 0 N–H and O–H groups in total. The molecule has 3 aliphatic rings. The van der Waals surface area contributed by atoms with Crippen LogP contribution in [0.5, 0.6) is 0 Å². The molecule has 23 heavy (non-hydrogen) atoms. The highest BCUT2D eigenvalue weighted by Crippen LogP contribution is 2.40. The van der Waals surface area contributed by atoms with Crippen LogP contribution in [-0.2, 0) is 6.54 Å². The molecule has 0 spiro atoms. The third kappa shape index (κ3) is 2.59. The minimum atomic E-state index is 0.685. The van der Waals surface area contributed by atoms with Crippen molar-refractivity contribution < 1.29 is 4.52 Å². The summed E-state index contributed by atoms with van der Waals surface area (Å²) in [6.45, 7) is 5.19. The first-order valence-electron chi connectivity index (χ1n) is 8.39. The second-order valence-electron chi connectivity index (χ2n) is 7.04. The molecule has 7 heteroatoms. The quantitative estimate of drug-likeness (QED) is 0.842. The lowest BCUT2D eigenvalue weighted by atomic mass is 10.0. The van der Waals surface area contributed by atoms with E-state index in [9.17, 15) is 0 Å². The van der Waals surface area contributed by atoms with E-state index in [1.54, 1.807) is 6.33 Å². The zero-order chi connectivity index (χ0) is 15.2. The van der Waals surface area contributed by atoms with E-state index in [1.165, 1.54) is 24.9 Å². The summed E-state index contributed by atoms with van der Waals surface area (Å²) in [6.07, 6.45) is 5.71. The number of hydrogen-bond acceptors (Lipinski definition) is 7. The van der Waals surface area contributed by atoms with Crippen molar-refractivity contribution in [2.24, 2.45) is 11.8 Å². The number of anilines is 1. The Hall–Kier alpha value is -2.02. The lowest BCUT2D eigenvalue weighted by Gasteiger charge is -2.21. The van der Waals surface area contributed by atoms with E-state index in [0.29, 0.717) is 17.8 Å². The highest BCUT2D eigenvalue weighted by atomic mass is 16.5. The zero-order valence-corrected chi connectivity index (χ0v) is 13.0. The number of likely N-dealkylation sites (tertiary alicyclic amines) is 1. The van der Waals surface area contributed by atoms with Gasteiger partial charge in [0.2, 0.25) is 6.39 Å². The third-order valence-corrected chi connectivity index (χ3v) is 5.33. The van der Waals surface area contributed by atoms with Gasteiger partial charge < -0.3 is 9.42 Å². The molecule has 2 unspecified atom stereocenters. The fourth-order valence-electron chi connectivity index (χ4n) is 4.01. The first kappa shape index (κ1) is 13.4. The van der Waals surface area contributed by atoms with E-state index >= 15 is 0 Å². The lowest BCUT2D eigenvalue weighted by molar-refractivity contribution is 0.293. The van der Waals surface area contributed by atoms with Crippen LogP contribution in [0.4, 0.5) is 5.82 Å². The van der Waals surface area contributed by atoms with Gasteiger partial charge >= 0.3 is 0 Å². The Morgan fingerprint density at radius 2 is 1.87 bits per heavy atom. The van der Waals surface area contributed by atoms with E-state index in [4.69, 9.17) is 4.52 Å². The SMILES string of the molecule is c1nc(C2CC2)cc(N2CC3CN(Cc4ncon4)CC3C2)n1. The van der Waals surface area contributed by atoms with Crippen LogP contribution in [0.2, 0.25) is 0 Å². The summed E-state index contributed by atoms with van der Waals surface area (Å²) < 4.78 is 4.82. The van der Waals surface area contributed by atoms with Crippen LogP contribution >= 0.6 is 0 Å². The average molecular weight is 312 g/mol. The summed E-state index contributed by atoms with van der Waals surface area (Å²) in [5.41, 5.74) is 1.23. The van der Waals surface area contributed by atoms with Gasteiger partial charge in [-0.3, -0.25) is 4.90 Å². The summed E-state index contributed by atoms with van der Waals surface area (Å²) in [4.78, 5) is 17.9. The fourth-order valence-corrected chi connectivity index (χ4v) is 4.01. The molecule has 0 amide bonds. The molecule has 0 radical (unpaired) electrons. The predicted octanol–water partition coefficient (Wildman–Crippen LogP) is 1.31. The van der Waals surface area contributed by atoms with Crippen molar-refractivity contribution in [3.63, 3.8) is 0 Å². The van der Waals surface area contributed by atoms with Gasteiger partial charge in [0.05, 0.1) is 6.54 Å². The minimum Gasteiger partial charge on any atom is -0.356 e. The minimum absolute atomic E-state index is 0.685. The molecule has 3 fully saturated rings. The molecule has 2 aromatic heterocycles. The van der Waals surface area contributed by atoms with Crippen molar-refractivity contribution in [3.8, 4) is 0 Å². The van der Waals surface area contributed by atoms with E-state index in [0.717, 1.165) is 44.4 Å². The second-order valence-corrected chi connectivity index (χ2v) is 7.04. The van der Waals surface area contributed by atoms with Gasteiger partial charge in [-0.15, -0.1) is 0 Å². The predicted molar refractivity (Wildman–Crippen MR) is 82.8 cm³/mol. The van der Waals surface area contributed by atoms with Gasteiger partial charge in [-0.05, 0) is 24.7 Å². The van der Waals surface area contributed by atoms with Crippen LogP contribution in [0.25, 0.3) is 0 Å². The first-order valence-corrected chi connectivity index (χ1v) is 8.39. The molecule has 1 aliphatic carbocycles. The first-order chi connectivity index (χ1) is 11.3. The Balaban J connectivity index is 1.24. The molecule has 120 valence electrons. The summed E-state index contributed by atoms with van der Waals surface area (Å²) in [6, 6.07) is 2.20. The number of hydrogen-bond donors (Lipinski definition) is 0. The van der Waals surface area contributed by atoms with Gasteiger partial charge in [-0.2, -0.15) is 4.98 Å². The smallest absolute Gasteiger partial charge is 0.213 e. The normalized spacial score (nSPS) is 27.6. The topological polar surface area (TPSA) is 71.2 Å². The maximum absolute atomic E-state index is 4.82. The number of nitrogens with zero attached hydrogens (tertiary/aromatic N) is 6. The van der Waals surface area contributed by atoms with Crippen molar-refractivity contribution >= 4 is 5.82 Å². The van der Waals surface area contributed by atoms with Gasteiger partial charge in [0, 0.05) is 43.9 Å². The second kappa shape index (κ2) is 5.26. The van der Waals surface area contributed by atoms with E-state index < -0.39 is 0 Å². The zero-order valence-electron chi connectivity index (χ0n) is 13.0. The Labute approximate surface area is 134 Å². The standard InChI is InChI=1S/C16H20N6O/c1-2-11(1)14-3-16(18-9-17-14)22-6-12-4-21(5-13(12)7-22)8-15-19-10-23-20-15/h3,9-13H,1-2,4-8H2. The molecule has 1 saturated carbocycles. The number of aromatic nitrogens is 4. The van der Waals surface area contributed by atoms with Crippen LogP contribution < -0.4 is 4.90 Å². The molecule has 0 bridgehead atoms. The molecule has 4 heterocycles. The van der Waals surface area contributed by atoms with E-state index in [1.807, 2.05) is 0 Å². The Bertz CT molecular complexity index is 672. The van der Waals surface area contributed by atoms with Crippen molar-refractivity contribution in [1.82, 2.24) is 25.0 Å². The number of fused-ring (bicyclic) bond motifs is 1. The maximum atomic E-state index is 4.82. The van der Waals surface area contributed by atoms with Crippen molar-refractivity contribution in [2.75, 3.05) is 31.1 Å². The van der Waals surface area contributed by atoms with Crippen molar-refractivity contribution in [1.29, 1.82) is 0 Å². The van der Waals surface area contributed by atoms with Crippen LogP contribution in [0.3, 0.4) is 0 Å². The molecule has 2 saturated heterocycles. The van der Waals surface area contributed by atoms with Crippen LogP contribution in [-0.4, -0.2) is 51.2 Å². The molecule has 2 aromatic rings.